The minimum atomic E-state index is -0.103. The number of nitrogens with zero attached hydrogens (tertiary/aromatic N) is 3. The number of anilines is 1. The summed E-state index contributed by atoms with van der Waals surface area (Å²) in [5.41, 5.74) is 6.16. The second-order valence-corrected chi connectivity index (χ2v) is 9.46. The summed E-state index contributed by atoms with van der Waals surface area (Å²) in [6, 6.07) is 22.4. The lowest BCUT2D eigenvalue weighted by Gasteiger charge is -2.13. The molecule has 164 valence electrons. The van der Waals surface area contributed by atoms with Crippen molar-refractivity contribution in [1.82, 2.24) is 9.97 Å². The quantitative estimate of drug-likeness (QED) is 0.313. The molecule has 4 aromatic rings. The number of amides is 1. The number of carbonyl (C=O) groups excluding carboxylic acids is 1. The van der Waals surface area contributed by atoms with Crippen LogP contribution in [0.1, 0.15) is 23.2 Å². The smallest absolute Gasteiger partial charge is 0.226 e. The Labute approximate surface area is 201 Å². The van der Waals surface area contributed by atoms with Crippen molar-refractivity contribution in [1.29, 1.82) is 5.26 Å². The zero-order valence-electron chi connectivity index (χ0n) is 18.3. The molecule has 0 aliphatic rings. The Morgan fingerprint density at radius 1 is 1.06 bits per heavy atom. The molecule has 0 unspecified atom stereocenters. The minimum absolute atomic E-state index is 0.103. The topological polar surface area (TPSA) is 78.7 Å². The number of benzene rings is 2. The predicted molar refractivity (Wildman–Crippen MR) is 135 cm³/mol. The lowest BCUT2D eigenvalue weighted by Crippen LogP contribution is -2.12. The van der Waals surface area contributed by atoms with Gasteiger partial charge in [0, 0.05) is 28.7 Å². The molecule has 0 fully saturated rings. The first kappa shape index (κ1) is 22.7. The van der Waals surface area contributed by atoms with Gasteiger partial charge in [-0.15, -0.1) is 23.1 Å². The van der Waals surface area contributed by atoms with Crippen molar-refractivity contribution in [2.24, 2.45) is 0 Å². The Bertz CT molecular complexity index is 1310. The molecular weight excluding hydrogens is 448 g/mol. The molecule has 2 aromatic carbocycles. The van der Waals surface area contributed by atoms with Crippen LogP contribution in [0.4, 0.5) is 5.13 Å². The van der Waals surface area contributed by atoms with E-state index in [0.717, 1.165) is 33.6 Å². The molecular formula is C26H22N4OS2. The number of nitriles is 1. The summed E-state index contributed by atoms with van der Waals surface area (Å²) >= 11 is 2.83. The van der Waals surface area contributed by atoms with Crippen molar-refractivity contribution >= 4 is 34.1 Å². The highest BCUT2D eigenvalue weighted by Crippen LogP contribution is 2.34. The standard InChI is InChI=1S/C26H22N4OS2/c1-17-8-10-19(11-9-17)21-14-23(20-6-4-3-5-7-20)29-25(22(21)15-27)32-13-12-24(31)30-26-28-18(2)16-33-26/h3-11,14,16H,12-13H2,1-2H3,(H,28,30,31). The highest BCUT2D eigenvalue weighted by atomic mass is 32.2. The van der Waals surface area contributed by atoms with Gasteiger partial charge in [-0.1, -0.05) is 60.2 Å². The van der Waals surface area contributed by atoms with Crippen LogP contribution in [0.2, 0.25) is 0 Å². The molecule has 0 atom stereocenters. The Morgan fingerprint density at radius 2 is 1.82 bits per heavy atom. The van der Waals surface area contributed by atoms with Crippen LogP contribution in [0.5, 0.6) is 0 Å². The van der Waals surface area contributed by atoms with Crippen LogP contribution in [-0.2, 0) is 4.79 Å². The molecule has 0 aliphatic heterocycles. The zero-order chi connectivity index (χ0) is 23.2. The van der Waals surface area contributed by atoms with Crippen molar-refractivity contribution in [2.45, 2.75) is 25.3 Å². The number of hydrogen-bond donors (Lipinski definition) is 1. The van der Waals surface area contributed by atoms with Crippen LogP contribution >= 0.6 is 23.1 Å². The number of nitrogens with one attached hydrogen (secondary N) is 1. The van der Waals surface area contributed by atoms with Crippen molar-refractivity contribution in [2.75, 3.05) is 11.1 Å². The van der Waals surface area contributed by atoms with Gasteiger partial charge in [-0.3, -0.25) is 4.79 Å². The van der Waals surface area contributed by atoms with Gasteiger partial charge in [-0.25, -0.2) is 9.97 Å². The molecule has 0 aliphatic carbocycles. The van der Waals surface area contributed by atoms with Gasteiger partial charge in [-0.2, -0.15) is 5.26 Å². The molecule has 0 saturated heterocycles. The molecule has 33 heavy (non-hydrogen) atoms. The van der Waals surface area contributed by atoms with E-state index in [4.69, 9.17) is 4.98 Å². The van der Waals surface area contributed by atoms with E-state index in [1.165, 1.54) is 23.1 Å². The average Bonchev–Trinajstić information content (AvgIpc) is 3.24. The molecule has 1 amide bonds. The highest BCUT2D eigenvalue weighted by molar-refractivity contribution is 7.99. The lowest BCUT2D eigenvalue weighted by molar-refractivity contribution is -0.115. The summed E-state index contributed by atoms with van der Waals surface area (Å²) in [6.07, 6.45) is 0.297. The molecule has 2 aromatic heterocycles. The van der Waals surface area contributed by atoms with Crippen molar-refractivity contribution in [3.05, 3.63) is 82.9 Å². The van der Waals surface area contributed by atoms with Crippen molar-refractivity contribution in [3.8, 4) is 28.5 Å². The van der Waals surface area contributed by atoms with E-state index in [9.17, 15) is 10.1 Å². The van der Waals surface area contributed by atoms with Crippen LogP contribution < -0.4 is 5.32 Å². The number of thiazole rings is 1. The van der Waals surface area contributed by atoms with E-state index < -0.39 is 0 Å². The first-order valence-electron chi connectivity index (χ1n) is 10.5. The largest absolute Gasteiger partial charge is 0.302 e. The monoisotopic (exact) mass is 470 g/mol. The SMILES string of the molecule is Cc1ccc(-c2cc(-c3ccccc3)nc(SCCC(=O)Nc3nc(C)cs3)c2C#N)cc1. The number of thioether (sulfide) groups is 1. The molecule has 5 nitrogen and oxygen atoms in total. The Morgan fingerprint density at radius 3 is 2.48 bits per heavy atom. The number of hydrogen-bond acceptors (Lipinski definition) is 6. The normalized spacial score (nSPS) is 10.6. The molecule has 0 radical (unpaired) electrons. The summed E-state index contributed by atoms with van der Waals surface area (Å²) < 4.78 is 0. The first-order valence-corrected chi connectivity index (χ1v) is 12.3. The first-order chi connectivity index (χ1) is 16.0. The molecule has 0 bridgehead atoms. The van der Waals surface area contributed by atoms with E-state index >= 15 is 0 Å². The van der Waals surface area contributed by atoms with Crippen molar-refractivity contribution < 1.29 is 4.79 Å². The second-order valence-electron chi connectivity index (χ2n) is 7.52. The van der Waals surface area contributed by atoms with Gasteiger partial charge in [0.25, 0.3) is 0 Å². The van der Waals surface area contributed by atoms with Gasteiger partial charge in [0.1, 0.15) is 11.1 Å². The van der Waals surface area contributed by atoms with E-state index in [1.54, 1.807) is 0 Å². The Hall–Kier alpha value is -3.47. The van der Waals surface area contributed by atoms with Gasteiger partial charge < -0.3 is 5.32 Å². The third-order valence-electron chi connectivity index (χ3n) is 4.96. The Kier molecular flexibility index (Phi) is 7.18. The van der Waals surface area contributed by atoms with Gasteiger partial charge >= 0.3 is 0 Å². The van der Waals surface area contributed by atoms with E-state index in [-0.39, 0.29) is 5.91 Å². The molecule has 7 heteroatoms. The maximum absolute atomic E-state index is 12.3. The summed E-state index contributed by atoms with van der Waals surface area (Å²) in [6.45, 7) is 3.93. The zero-order valence-corrected chi connectivity index (χ0v) is 20.0. The fourth-order valence-corrected chi connectivity index (χ4v) is 4.93. The maximum atomic E-state index is 12.3. The van der Waals surface area contributed by atoms with E-state index in [1.807, 2.05) is 79.9 Å². The van der Waals surface area contributed by atoms with Crippen LogP contribution in [-0.4, -0.2) is 21.6 Å². The number of pyridine rings is 1. The molecule has 1 N–H and O–H groups in total. The average molecular weight is 471 g/mol. The van der Waals surface area contributed by atoms with Crippen LogP contribution in [0, 0.1) is 25.2 Å². The van der Waals surface area contributed by atoms with Crippen molar-refractivity contribution in [3.63, 3.8) is 0 Å². The van der Waals surface area contributed by atoms with Gasteiger partial charge in [-0.05, 0) is 25.5 Å². The number of aryl methyl sites for hydroxylation is 2. The van der Waals surface area contributed by atoms with Crippen LogP contribution in [0.15, 0.2) is 71.1 Å². The summed E-state index contributed by atoms with van der Waals surface area (Å²) in [4.78, 5) is 21.4. The maximum Gasteiger partial charge on any atom is 0.226 e. The molecule has 4 rings (SSSR count). The highest BCUT2D eigenvalue weighted by Gasteiger charge is 2.16. The third-order valence-corrected chi connectivity index (χ3v) is 6.82. The predicted octanol–water partition coefficient (Wildman–Crippen LogP) is 6.48. The molecule has 2 heterocycles. The lowest BCUT2D eigenvalue weighted by atomic mass is 9.98. The van der Waals surface area contributed by atoms with E-state index in [2.05, 4.69) is 16.4 Å². The fourth-order valence-electron chi connectivity index (χ4n) is 3.29. The van der Waals surface area contributed by atoms with Crippen LogP contribution in [0.3, 0.4) is 0 Å². The molecule has 0 spiro atoms. The second kappa shape index (κ2) is 10.4. The summed E-state index contributed by atoms with van der Waals surface area (Å²) in [5, 5.41) is 16.0. The fraction of sp³-hybridized carbons (Fsp3) is 0.154. The number of aromatic nitrogens is 2. The summed E-state index contributed by atoms with van der Waals surface area (Å²) in [5.74, 6) is 0.400. The number of carbonyl (C=O) groups is 1. The minimum Gasteiger partial charge on any atom is -0.302 e. The van der Waals surface area contributed by atoms with Gasteiger partial charge in [0.15, 0.2) is 5.13 Å². The van der Waals surface area contributed by atoms with Gasteiger partial charge in [0.05, 0.1) is 17.0 Å². The van der Waals surface area contributed by atoms with E-state index in [0.29, 0.717) is 27.9 Å². The Balaban J connectivity index is 1.61. The summed E-state index contributed by atoms with van der Waals surface area (Å²) in [7, 11) is 0. The van der Waals surface area contributed by atoms with Gasteiger partial charge in [0.2, 0.25) is 5.91 Å². The third kappa shape index (κ3) is 5.67. The molecule has 0 saturated carbocycles. The number of rotatable bonds is 7. The van der Waals surface area contributed by atoms with Crippen LogP contribution in [0.25, 0.3) is 22.4 Å².